The van der Waals surface area contributed by atoms with Gasteiger partial charge in [0.25, 0.3) is 0 Å². The van der Waals surface area contributed by atoms with E-state index in [4.69, 9.17) is 0 Å². The van der Waals surface area contributed by atoms with Gasteiger partial charge < -0.3 is 5.32 Å². The zero-order valence-electron chi connectivity index (χ0n) is 10.4. The lowest BCUT2D eigenvalue weighted by molar-refractivity contribution is 0.199. The van der Waals surface area contributed by atoms with Crippen molar-refractivity contribution in [2.45, 2.75) is 39.3 Å². The standard InChI is InChI=1S/C12H21N3S/c1-9(2)11-6-14-12(16-11)8-15-5-4-13-10(3)7-15/h6,9-10,13H,4-5,7-8H2,1-3H3. The first kappa shape index (κ1) is 12.0. The smallest absolute Gasteiger partial charge is 0.107 e. The van der Waals surface area contributed by atoms with Gasteiger partial charge in [0.05, 0.1) is 6.54 Å². The molecule has 0 aromatic carbocycles. The second kappa shape index (κ2) is 5.25. The summed E-state index contributed by atoms with van der Waals surface area (Å²) in [4.78, 5) is 8.40. The lowest BCUT2D eigenvalue weighted by Gasteiger charge is -2.31. The average Bonchev–Trinajstić information content (AvgIpc) is 2.66. The number of thiazole rings is 1. The second-order valence-electron chi connectivity index (χ2n) is 4.90. The zero-order chi connectivity index (χ0) is 11.5. The summed E-state index contributed by atoms with van der Waals surface area (Å²) >= 11 is 1.86. The summed E-state index contributed by atoms with van der Waals surface area (Å²) in [5.41, 5.74) is 0. The maximum absolute atomic E-state index is 4.51. The van der Waals surface area contributed by atoms with Crippen LogP contribution in [0.1, 0.15) is 36.6 Å². The summed E-state index contributed by atoms with van der Waals surface area (Å²) in [5, 5.41) is 4.72. The Morgan fingerprint density at radius 1 is 1.62 bits per heavy atom. The Kier molecular flexibility index (Phi) is 3.95. The lowest BCUT2D eigenvalue weighted by Crippen LogP contribution is -2.48. The number of rotatable bonds is 3. The van der Waals surface area contributed by atoms with E-state index in [1.807, 2.05) is 17.5 Å². The van der Waals surface area contributed by atoms with Crippen molar-refractivity contribution in [1.29, 1.82) is 0 Å². The van der Waals surface area contributed by atoms with Gasteiger partial charge in [-0.05, 0) is 12.8 Å². The van der Waals surface area contributed by atoms with E-state index in [1.165, 1.54) is 9.88 Å². The van der Waals surface area contributed by atoms with Crippen LogP contribution in [0.3, 0.4) is 0 Å². The lowest BCUT2D eigenvalue weighted by atomic mass is 10.2. The minimum absolute atomic E-state index is 0.605. The van der Waals surface area contributed by atoms with Gasteiger partial charge in [-0.3, -0.25) is 4.90 Å². The van der Waals surface area contributed by atoms with Crippen LogP contribution < -0.4 is 5.32 Å². The predicted octanol–water partition coefficient (Wildman–Crippen LogP) is 2.06. The minimum atomic E-state index is 0.605. The van der Waals surface area contributed by atoms with E-state index in [0.29, 0.717) is 12.0 Å². The normalized spacial score (nSPS) is 22.9. The van der Waals surface area contributed by atoms with E-state index >= 15 is 0 Å². The molecule has 1 aliphatic heterocycles. The van der Waals surface area contributed by atoms with Crippen molar-refractivity contribution in [3.63, 3.8) is 0 Å². The molecule has 1 aromatic heterocycles. The molecule has 1 saturated heterocycles. The molecule has 1 aliphatic rings. The van der Waals surface area contributed by atoms with Crippen LogP contribution in [-0.2, 0) is 6.54 Å². The number of nitrogens with zero attached hydrogens (tertiary/aromatic N) is 2. The Bertz CT molecular complexity index is 335. The van der Waals surface area contributed by atoms with Crippen molar-refractivity contribution in [3.8, 4) is 0 Å². The molecule has 90 valence electrons. The van der Waals surface area contributed by atoms with E-state index in [9.17, 15) is 0 Å². The van der Waals surface area contributed by atoms with Crippen LogP contribution in [0.2, 0.25) is 0 Å². The van der Waals surface area contributed by atoms with Crippen molar-refractivity contribution in [2.75, 3.05) is 19.6 Å². The Balaban J connectivity index is 1.92. The molecule has 1 atom stereocenters. The Morgan fingerprint density at radius 3 is 3.06 bits per heavy atom. The largest absolute Gasteiger partial charge is 0.312 e. The molecule has 2 rings (SSSR count). The van der Waals surface area contributed by atoms with Crippen LogP contribution >= 0.6 is 11.3 Å². The molecule has 0 amide bonds. The molecule has 0 bridgehead atoms. The fourth-order valence-corrected chi connectivity index (χ4v) is 2.98. The molecule has 0 radical (unpaired) electrons. The maximum atomic E-state index is 4.51. The molecular weight excluding hydrogens is 218 g/mol. The molecule has 0 saturated carbocycles. The van der Waals surface area contributed by atoms with E-state index < -0.39 is 0 Å². The molecular formula is C12H21N3S. The third kappa shape index (κ3) is 3.03. The number of hydrogen-bond acceptors (Lipinski definition) is 4. The number of nitrogens with one attached hydrogen (secondary N) is 1. The molecule has 0 aliphatic carbocycles. The van der Waals surface area contributed by atoms with Gasteiger partial charge >= 0.3 is 0 Å². The number of piperazine rings is 1. The van der Waals surface area contributed by atoms with Gasteiger partial charge in [0, 0.05) is 36.8 Å². The van der Waals surface area contributed by atoms with Crippen LogP contribution in [0.5, 0.6) is 0 Å². The highest BCUT2D eigenvalue weighted by atomic mass is 32.1. The van der Waals surface area contributed by atoms with Crippen molar-refractivity contribution in [3.05, 3.63) is 16.1 Å². The molecule has 1 unspecified atom stereocenters. The first-order valence-electron chi connectivity index (χ1n) is 6.05. The molecule has 2 heterocycles. The van der Waals surface area contributed by atoms with Gasteiger partial charge in [0.1, 0.15) is 5.01 Å². The fraction of sp³-hybridized carbons (Fsp3) is 0.750. The fourth-order valence-electron chi connectivity index (χ4n) is 2.01. The van der Waals surface area contributed by atoms with Crippen LogP contribution in [0, 0.1) is 0 Å². The summed E-state index contributed by atoms with van der Waals surface area (Å²) in [6.45, 7) is 11.1. The average molecular weight is 239 g/mol. The van der Waals surface area contributed by atoms with Crippen LogP contribution in [0.25, 0.3) is 0 Å². The summed E-state index contributed by atoms with van der Waals surface area (Å²) in [5.74, 6) is 0.605. The molecule has 1 fully saturated rings. The van der Waals surface area contributed by atoms with Crippen molar-refractivity contribution < 1.29 is 0 Å². The number of hydrogen-bond donors (Lipinski definition) is 1. The highest BCUT2D eigenvalue weighted by Crippen LogP contribution is 2.22. The van der Waals surface area contributed by atoms with E-state index in [0.717, 1.165) is 26.2 Å². The molecule has 1 N–H and O–H groups in total. The highest BCUT2D eigenvalue weighted by molar-refractivity contribution is 7.11. The summed E-state index contributed by atoms with van der Waals surface area (Å²) in [6, 6.07) is 0.610. The summed E-state index contributed by atoms with van der Waals surface area (Å²) < 4.78 is 0. The van der Waals surface area contributed by atoms with Gasteiger partial charge in [0.2, 0.25) is 0 Å². The van der Waals surface area contributed by atoms with E-state index in [1.54, 1.807) is 0 Å². The Morgan fingerprint density at radius 2 is 2.44 bits per heavy atom. The molecule has 0 spiro atoms. The quantitative estimate of drug-likeness (QED) is 0.875. The van der Waals surface area contributed by atoms with E-state index in [2.05, 4.69) is 36.0 Å². The topological polar surface area (TPSA) is 28.2 Å². The zero-order valence-corrected chi connectivity index (χ0v) is 11.2. The third-order valence-corrected chi connectivity index (χ3v) is 4.23. The SMILES string of the molecule is CC1CN(Cc2ncc(C(C)C)s2)CCN1. The minimum Gasteiger partial charge on any atom is -0.312 e. The Hall–Kier alpha value is -0.450. The van der Waals surface area contributed by atoms with Crippen LogP contribution in [0.15, 0.2) is 6.20 Å². The number of aromatic nitrogens is 1. The second-order valence-corrected chi connectivity index (χ2v) is 6.05. The summed E-state index contributed by atoms with van der Waals surface area (Å²) in [7, 11) is 0. The maximum Gasteiger partial charge on any atom is 0.107 e. The van der Waals surface area contributed by atoms with Gasteiger partial charge in [-0.25, -0.2) is 4.98 Å². The molecule has 3 nitrogen and oxygen atoms in total. The van der Waals surface area contributed by atoms with Crippen LogP contribution in [0.4, 0.5) is 0 Å². The molecule has 4 heteroatoms. The molecule has 16 heavy (non-hydrogen) atoms. The van der Waals surface area contributed by atoms with Crippen LogP contribution in [-0.4, -0.2) is 35.6 Å². The van der Waals surface area contributed by atoms with Crippen molar-refractivity contribution in [1.82, 2.24) is 15.2 Å². The first-order chi connectivity index (χ1) is 7.65. The molecule has 1 aromatic rings. The van der Waals surface area contributed by atoms with Crippen molar-refractivity contribution in [2.24, 2.45) is 0 Å². The van der Waals surface area contributed by atoms with Gasteiger partial charge in [-0.2, -0.15) is 0 Å². The monoisotopic (exact) mass is 239 g/mol. The van der Waals surface area contributed by atoms with Gasteiger partial charge in [-0.15, -0.1) is 11.3 Å². The highest BCUT2D eigenvalue weighted by Gasteiger charge is 2.17. The third-order valence-electron chi connectivity index (χ3n) is 2.95. The summed E-state index contributed by atoms with van der Waals surface area (Å²) in [6.07, 6.45) is 2.04. The van der Waals surface area contributed by atoms with Gasteiger partial charge in [-0.1, -0.05) is 13.8 Å². The van der Waals surface area contributed by atoms with Gasteiger partial charge in [0.15, 0.2) is 0 Å². The Labute approximate surface area is 102 Å². The van der Waals surface area contributed by atoms with Crippen molar-refractivity contribution >= 4 is 11.3 Å². The first-order valence-corrected chi connectivity index (χ1v) is 6.87. The predicted molar refractivity (Wildman–Crippen MR) is 68.9 cm³/mol. The van der Waals surface area contributed by atoms with E-state index in [-0.39, 0.29) is 0 Å².